The van der Waals surface area contributed by atoms with Crippen LogP contribution in [0.3, 0.4) is 0 Å². The summed E-state index contributed by atoms with van der Waals surface area (Å²) in [7, 11) is 1.71. The summed E-state index contributed by atoms with van der Waals surface area (Å²) in [5.74, 6) is 0.715. The van der Waals surface area contributed by atoms with Crippen molar-refractivity contribution < 1.29 is 23.7 Å². The normalized spacial score (nSPS) is 28.3. The number of carbonyl (C=O) groups excluding carboxylic acids is 1. The number of rotatable bonds is 5. The zero-order valence-electron chi connectivity index (χ0n) is 21.0. The fraction of sp³-hybridized carbons (Fsp3) is 0.556. The number of ether oxygens (including phenoxy) is 4. The minimum absolute atomic E-state index is 0.0295. The summed E-state index contributed by atoms with van der Waals surface area (Å²) in [5.41, 5.74) is 3.13. The molecule has 1 aromatic carbocycles. The summed E-state index contributed by atoms with van der Waals surface area (Å²) in [5, 5.41) is 3.44. The van der Waals surface area contributed by atoms with E-state index in [-0.39, 0.29) is 24.2 Å². The van der Waals surface area contributed by atoms with Gasteiger partial charge in [-0.3, -0.25) is 4.79 Å². The molecule has 8 nitrogen and oxygen atoms in total. The molecule has 0 bridgehead atoms. The zero-order chi connectivity index (χ0) is 24.6. The lowest BCUT2D eigenvalue weighted by Crippen LogP contribution is -2.44. The largest absolute Gasteiger partial charge is 0.379 e. The van der Waals surface area contributed by atoms with Crippen molar-refractivity contribution in [2.45, 2.75) is 76.6 Å². The van der Waals surface area contributed by atoms with E-state index in [4.69, 9.17) is 18.9 Å². The summed E-state index contributed by atoms with van der Waals surface area (Å²) in [6.45, 7) is 7.51. The maximum Gasteiger partial charge on any atom is 0.256 e. The molecule has 2 saturated heterocycles. The van der Waals surface area contributed by atoms with Gasteiger partial charge in [0.05, 0.1) is 55.0 Å². The van der Waals surface area contributed by atoms with Crippen LogP contribution in [-0.4, -0.2) is 55.6 Å². The van der Waals surface area contributed by atoms with Crippen molar-refractivity contribution >= 4 is 23.1 Å². The van der Waals surface area contributed by atoms with E-state index in [0.717, 1.165) is 41.2 Å². The van der Waals surface area contributed by atoms with Crippen molar-refractivity contribution in [2.24, 2.45) is 0 Å². The first-order valence-electron chi connectivity index (χ1n) is 12.5. The van der Waals surface area contributed by atoms with E-state index in [9.17, 15) is 4.79 Å². The highest BCUT2D eigenvalue weighted by atomic mass is 16.6. The maximum atomic E-state index is 13.9. The van der Waals surface area contributed by atoms with Gasteiger partial charge in [0.2, 0.25) is 0 Å². The molecule has 4 heterocycles. The van der Waals surface area contributed by atoms with Gasteiger partial charge in [-0.15, -0.1) is 0 Å². The Kier molecular flexibility index (Phi) is 6.81. The van der Waals surface area contributed by atoms with Crippen LogP contribution in [0, 0.1) is 0 Å². The fourth-order valence-electron chi connectivity index (χ4n) is 5.22. The Labute approximate surface area is 206 Å². The number of methoxy groups -OCH3 is 1. The molecule has 0 saturated carbocycles. The minimum Gasteiger partial charge on any atom is -0.379 e. The molecule has 5 rings (SSSR count). The van der Waals surface area contributed by atoms with Crippen LogP contribution in [0.4, 0.5) is 17.2 Å². The molecular weight excluding hydrogens is 446 g/mol. The maximum absolute atomic E-state index is 13.9. The van der Waals surface area contributed by atoms with Gasteiger partial charge in [0, 0.05) is 25.3 Å². The van der Waals surface area contributed by atoms with E-state index in [1.54, 1.807) is 13.3 Å². The van der Waals surface area contributed by atoms with Crippen molar-refractivity contribution in [3.8, 4) is 0 Å². The molecule has 1 N–H and O–H groups in total. The van der Waals surface area contributed by atoms with Crippen molar-refractivity contribution in [2.75, 3.05) is 30.5 Å². The van der Waals surface area contributed by atoms with Crippen LogP contribution in [0.25, 0.3) is 0 Å². The van der Waals surface area contributed by atoms with E-state index in [1.165, 1.54) is 0 Å². The summed E-state index contributed by atoms with van der Waals surface area (Å²) < 4.78 is 23.6. The molecule has 0 radical (unpaired) electrons. The van der Waals surface area contributed by atoms with E-state index >= 15 is 0 Å². The van der Waals surface area contributed by atoms with Crippen LogP contribution in [0.5, 0.6) is 0 Å². The van der Waals surface area contributed by atoms with Gasteiger partial charge in [0.25, 0.3) is 5.91 Å². The predicted octanol–water partition coefficient (Wildman–Crippen LogP) is 4.29. The number of nitrogens with zero attached hydrogens (tertiary/aromatic N) is 2. The van der Waals surface area contributed by atoms with Crippen LogP contribution in [-0.2, 0) is 35.9 Å². The average Bonchev–Trinajstić information content (AvgIpc) is 3.17. The van der Waals surface area contributed by atoms with Gasteiger partial charge in [-0.25, -0.2) is 4.98 Å². The Morgan fingerprint density at radius 2 is 2.09 bits per heavy atom. The first kappa shape index (κ1) is 24.2. The van der Waals surface area contributed by atoms with Crippen LogP contribution < -0.4 is 10.2 Å². The monoisotopic (exact) mass is 481 g/mol. The Morgan fingerprint density at radius 3 is 2.80 bits per heavy atom. The van der Waals surface area contributed by atoms with Gasteiger partial charge in [-0.1, -0.05) is 12.1 Å². The lowest BCUT2D eigenvalue weighted by Gasteiger charge is -2.33. The third kappa shape index (κ3) is 4.93. The molecule has 2 aromatic rings. The highest BCUT2D eigenvalue weighted by Crippen LogP contribution is 2.42. The SMILES string of the molecule is CO[C@H]1CO[C@](C)(c2ccc3c(c2)N(C(=O)[C@H]2CCC(OC(C)C)CO2)Cc2cccnc2N3)C1. The number of pyridine rings is 1. The van der Waals surface area contributed by atoms with Gasteiger partial charge >= 0.3 is 0 Å². The number of anilines is 3. The Bertz CT molecular complexity index is 1070. The molecule has 0 spiro atoms. The quantitative estimate of drug-likeness (QED) is 0.682. The second-order valence-corrected chi connectivity index (χ2v) is 10.1. The first-order chi connectivity index (χ1) is 16.9. The second-order valence-electron chi connectivity index (χ2n) is 10.1. The molecule has 1 amide bonds. The number of nitrogens with one attached hydrogen (secondary N) is 1. The Balaban J connectivity index is 1.46. The van der Waals surface area contributed by atoms with Gasteiger partial charge in [0.1, 0.15) is 11.9 Å². The Hall–Kier alpha value is -2.52. The van der Waals surface area contributed by atoms with E-state index in [2.05, 4.69) is 29.4 Å². The van der Waals surface area contributed by atoms with Crippen LogP contribution in [0.2, 0.25) is 0 Å². The highest BCUT2D eigenvalue weighted by Gasteiger charge is 2.40. The van der Waals surface area contributed by atoms with Crippen molar-refractivity contribution in [1.29, 1.82) is 0 Å². The number of hydrogen-bond acceptors (Lipinski definition) is 7. The van der Waals surface area contributed by atoms with Crippen LogP contribution in [0.1, 0.15) is 51.2 Å². The van der Waals surface area contributed by atoms with Gasteiger partial charge in [0.15, 0.2) is 0 Å². The standard InChI is InChI=1S/C27H35N3O5/c1-17(2)35-20-8-10-24(33-15-20)26(31)30-14-18-6-5-11-28-25(18)29-22-9-7-19(12-23(22)30)27(3)13-21(32-4)16-34-27/h5-7,9,11-12,17,20-21,24H,8,10,13-16H2,1-4H3,(H,28,29)/t20?,21-,24-,27+/m1/s1. The summed E-state index contributed by atoms with van der Waals surface area (Å²) >= 11 is 0. The molecule has 188 valence electrons. The number of benzene rings is 1. The van der Waals surface area contributed by atoms with Gasteiger partial charge in [-0.2, -0.15) is 0 Å². The lowest BCUT2D eigenvalue weighted by molar-refractivity contribution is -0.143. The molecule has 0 aliphatic carbocycles. The van der Waals surface area contributed by atoms with Crippen molar-refractivity contribution in [3.05, 3.63) is 47.7 Å². The van der Waals surface area contributed by atoms with Gasteiger partial charge in [-0.05, 0) is 57.4 Å². The number of amides is 1. The molecule has 1 aromatic heterocycles. The number of fused-ring (bicyclic) bond motifs is 2. The molecule has 2 fully saturated rings. The predicted molar refractivity (Wildman–Crippen MR) is 133 cm³/mol. The van der Waals surface area contributed by atoms with E-state index in [1.807, 2.05) is 36.9 Å². The molecule has 4 atom stereocenters. The number of hydrogen-bond donors (Lipinski definition) is 1. The summed E-state index contributed by atoms with van der Waals surface area (Å²) in [6, 6.07) is 10.0. The molecular formula is C27H35N3O5. The number of aromatic nitrogens is 1. The lowest BCUT2D eigenvalue weighted by atomic mass is 9.91. The third-order valence-corrected chi connectivity index (χ3v) is 7.15. The Morgan fingerprint density at radius 1 is 1.23 bits per heavy atom. The zero-order valence-corrected chi connectivity index (χ0v) is 21.0. The molecule has 35 heavy (non-hydrogen) atoms. The molecule has 1 unspecified atom stereocenters. The topological polar surface area (TPSA) is 82.2 Å². The second kappa shape index (κ2) is 9.85. The summed E-state index contributed by atoms with van der Waals surface area (Å²) in [6.07, 6.45) is 3.67. The van der Waals surface area contributed by atoms with Gasteiger partial charge < -0.3 is 29.2 Å². The molecule has 3 aliphatic heterocycles. The average molecular weight is 482 g/mol. The molecule has 3 aliphatic rings. The third-order valence-electron chi connectivity index (χ3n) is 7.15. The number of carbonyl (C=O) groups is 1. The van der Waals surface area contributed by atoms with Crippen LogP contribution >= 0.6 is 0 Å². The fourth-order valence-corrected chi connectivity index (χ4v) is 5.22. The van der Waals surface area contributed by atoms with Crippen LogP contribution in [0.15, 0.2) is 36.5 Å². The first-order valence-corrected chi connectivity index (χ1v) is 12.5. The smallest absolute Gasteiger partial charge is 0.256 e. The minimum atomic E-state index is -0.507. The summed E-state index contributed by atoms with van der Waals surface area (Å²) in [4.78, 5) is 20.2. The van der Waals surface area contributed by atoms with Crippen molar-refractivity contribution in [1.82, 2.24) is 4.98 Å². The van der Waals surface area contributed by atoms with Crippen molar-refractivity contribution in [3.63, 3.8) is 0 Å². The molecule has 8 heteroatoms. The van der Waals surface area contributed by atoms with E-state index < -0.39 is 11.7 Å². The van der Waals surface area contributed by atoms with E-state index in [0.29, 0.717) is 26.2 Å². The highest BCUT2D eigenvalue weighted by molar-refractivity contribution is 6.01.